The Morgan fingerprint density at radius 3 is 2.41 bits per heavy atom. The molecular weight excluding hydrogens is 284 g/mol. The molecule has 0 aliphatic rings. The summed E-state index contributed by atoms with van der Waals surface area (Å²) >= 11 is 0. The van der Waals surface area contributed by atoms with Crippen LogP contribution in [0.3, 0.4) is 0 Å². The van der Waals surface area contributed by atoms with Crippen LogP contribution in [0.4, 0.5) is 5.69 Å². The summed E-state index contributed by atoms with van der Waals surface area (Å²) in [6.45, 7) is 1.45. The first-order valence-electron chi connectivity index (χ1n) is 6.70. The maximum atomic E-state index is 5.70. The fourth-order valence-corrected chi connectivity index (χ4v) is 1.93. The molecule has 0 aliphatic carbocycles. The van der Waals surface area contributed by atoms with Gasteiger partial charge < -0.3 is 10.6 Å². The SMILES string of the molecule is CN(C)CCn1nnnc1-c1nnnn1-c1ccc(N)cc1. The fourth-order valence-electron chi connectivity index (χ4n) is 1.93. The van der Waals surface area contributed by atoms with Gasteiger partial charge in [0.15, 0.2) is 0 Å². The van der Waals surface area contributed by atoms with Crippen LogP contribution in [-0.4, -0.2) is 66.0 Å². The Morgan fingerprint density at radius 2 is 1.68 bits per heavy atom. The van der Waals surface area contributed by atoms with Gasteiger partial charge in [0.2, 0.25) is 11.6 Å². The lowest BCUT2D eigenvalue weighted by Gasteiger charge is -2.10. The van der Waals surface area contributed by atoms with Gasteiger partial charge in [0, 0.05) is 12.2 Å². The van der Waals surface area contributed by atoms with E-state index in [4.69, 9.17) is 5.73 Å². The van der Waals surface area contributed by atoms with Crippen molar-refractivity contribution >= 4 is 5.69 Å². The van der Waals surface area contributed by atoms with Crippen molar-refractivity contribution < 1.29 is 0 Å². The molecule has 0 spiro atoms. The van der Waals surface area contributed by atoms with E-state index in [0.29, 0.717) is 23.9 Å². The Morgan fingerprint density at radius 1 is 1.00 bits per heavy atom. The molecule has 0 amide bonds. The average Bonchev–Trinajstić information content (AvgIpc) is 3.14. The van der Waals surface area contributed by atoms with E-state index in [9.17, 15) is 0 Å². The smallest absolute Gasteiger partial charge is 0.226 e. The molecule has 0 bridgehead atoms. The van der Waals surface area contributed by atoms with E-state index in [1.54, 1.807) is 21.5 Å². The number of aromatic nitrogens is 8. The lowest BCUT2D eigenvalue weighted by Crippen LogP contribution is -2.20. The summed E-state index contributed by atoms with van der Waals surface area (Å²) < 4.78 is 3.26. The minimum absolute atomic E-state index is 0.480. The van der Waals surface area contributed by atoms with E-state index < -0.39 is 0 Å². The van der Waals surface area contributed by atoms with Gasteiger partial charge in [-0.05, 0) is 59.2 Å². The Hall–Kier alpha value is -2.88. The molecule has 3 aromatic rings. The number of hydrogen-bond acceptors (Lipinski definition) is 8. The van der Waals surface area contributed by atoms with Gasteiger partial charge in [0.1, 0.15) is 0 Å². The lowest BCUT2D eigenvalue weighted by molar-refractivity contribution is 0.371. The first-order chi connectivity index (χ1) is 10.6. The molecule has 10 nitrogen and oxygen atoms in total. The van der Waals surface area contributed by atoms with Crippen molar-refractivity contribution in [2.45, 2.75) is 6.54 Å². The number of likely N-dealkylation sites (N-methyl/N-ethyl adjacent to an activating group) is 1. The third-order valence-electron chi connectivity index (χ3n) is 3.10. The summed E-state index contributed by atoms with van der Waals surface area (Å²) in [5.74, 6) is 0.997. The zero-order valence-electron chi connectivity index (χ0n) is 12.3. The maximum Gasteiger partial charge on any atom is 0.226 e. The van der Waals surface area contributed by atoms with Gasteiger partial charge in [-0.3, -0.25) is 0 Å². The molecule has 22 heavy (non-hydrogen) atoms. The van der Waals surface area contributed by atoms with Gasteiger partial charge in [-0.25, -0.2) is 4.68 Å². The standard InChI is InChI=1S/C12H16N10/c1-20(2)7-8-21-11(14-16-18-21)12-15-17-19-22(12)10-5-3-9(13)4-6-10/h3-6H,7-8,13H2,1-2H3. The highest BCUT2D eigenvalue weighted by Gasteiger charge is 2.18. The third kappa shape index (κ3) is 2.76. The predicted molar refractivity (Wildman–Crippen MR) is 78.9 cm³/mol. The van der Waals surface area contributed by atoms with Crippen LogP contribution in [0.2, 0.25) is 0 Å². The number of tetrazole rings is 2. The van der Waals surface area contributed by atoms with E-state index in [-0.39, 0.29) is 0 Å². The second-order valence-corrected chi connectivity index (χ2v) is 5.03. The summed E-state index contributed by atoms with van der Waals surface area (Å²) in [5, 5.41) is 23.5. The number of nitrogens with zero attached hydrogens (tertiary/aromatic N) is 9. The van der Waals surface area contributed by atoms with Gasteiger partial charge in [-0.1, -0.05) is 0 Å². The molecule has 2 N–H and O–H groups in total. The number of anilines is 1. The minimum atomic E-state index is 0.480. The van der Waals surface area contributed by atoms with E-state index >= 15 is 0 Å². The first kappa shape index (κ1) is 14.1. The molecule has 114 valence electrons. The van der Waals surface area contributed by atoms with Crippen LogP contribution in [0.1, 0.15) is 0 Å². The average molecular weight is 300 g/mol. The normalized spacial score (nSPS) is 11.2. The largest absolute Gasteiger partial charge is 0.399 e. The van der Waals surface area contributed by atoms with E-state index in [1.165, 1.54) is 0 Å². The van der Waals surface area contributed by atoms with Gasteiger partial charge in [-0.2, -0.15) is 4.68 Å². The number of benzene rings is 1. The number of nitrogens with two attached hydrogens (primary N) is 1. The van der Waals surface area contributed by atoms with Crippen molar-refractivity contribution in [3.8, 4) is 17.3 Å². The Labute approximate surface area is 126 Å². The third-order valence-corrected chi connectivity index (χ3v) is 3.10. The number of rotatable bonds is 5. The maximum absolute atomic E-state index is 5.70. The van der Waals surface area contributed by atoms with E-state index in [0.717, 1.165) is 12.2 Å². The van der Waals surface area contributed by atoms with Crippen molar-refractivity contribution in [3.63, 3.8) is 0 Å². The summed E-state index contributed by atoms with van der Waals surface area (Å²) in [6, 6.07) is 7.25. The Kier molecular flexibility index (Phi) is 3.74. The Bertz CT molecular complexity index is 741. The highest BCUT2D eigenvalue weighted by Crippen LogP contribution is 2.17. The number of nitrogen functional groups attached to an aromatic ring is 1. The summed E-state index contributed by atoms with van der Waals surface area (Å²) in [5.41, 5.74) is 7.17. The van der Waals surface area contributed by atoms with Crippen LogP contribution in [0.5, 0.6) is 0 Å². The summed E-state index contributed by atoms with van der Waals surface area (Å²) in [4.78, 5) is 2.05. The molecular formula is C12H16N10. The Balaban J connectivity index is 1.95. The van der Waals surface area contributed by atoms with E-state index in [1.807, 2.05) is 26.2 Å². The molecule has 2 heterocycles. The van der Waals surface area contributed by atoms with Crippen molar-refractivity contribution in [1.82, 2.24) is 45.3 Å². The molecule has 2 aromatic heterocycles. The molecule has 0 unspecified atom stereocenters. The lowest BCUT2D eigenvalue weighted by atomic mass is 10.3. The molecule has 0 saturated heterocycles. The van der Waals surface area contributed by atoms with Crippen LogP contribution in [0.25, 0.3) is 17.3 Å². The topological polar surface area (TPSA) is 116 Å². The van der Waals surface area contributed by atoms with Crippen molar-refractivity contribution in [2.24, 2.45) is 0 Å². The first-order valence-corrected chi connectivity index (χ1v) is 6.70. The fraction of sp³-hybridized carbons (Fsp3) is 0.333. The summed E-state index contributed by atoms with van der Waals surface area (Å²) in [6.07, 6.45) is 0. The zero-order valence-corrected chi connectivity index (χ0v) is 12.3. The van der Waals surface area contributed by atoms with Gasteiger partial charge in [0.05, 0.1) is 12.2 Å². The van der Waals surface area contributed by atoms with Gasteiger partial charge in [0.25, 0.3) is 0 Å². The van der Waals surface area contributed by atoms with Crippen molar-refractivity contribution in [3.05, 3.63) is 24.3 Å². The van der Waals surface area contributed by atoms with Crippen LogP contribution in [-0.2, 0) is 6.54 Å². The van der Waals surface area contributed by atoms with Gasteiger partial charge in [-0.15, -0.1) is 10.2 Å². The second kappa shape index (κ2) is 5.85. The molecule has 0 fully saturated rings. The zero-order chi connectivity index (χ0) is 15.5. The molecule has 0 saturated carbocycles. The van der Waals surface area contributed by atoms with Crippen LogP contribution >= 0.6 is 0 Å². The van der Waals surface area contributed by atoms with Crippen molar-refractivity contribution in [2.75, 3.05) is 26.4 Å². The minimum Gasteiger partial charge on any atom is -0.399 e. The monoisotopic (exact) mass is 300 g/mol. The second-order valence-electron chi connectivity index (χ2n) is 5.03. The molecule has 10 heteroatoms. The quantitative estimate of drug-likeness (QED) is 0.624. The molecule has 3 rings (SSSR count). The summed E-state index contributed by atoms with van der Waals surface area (Å²) in [7, 11) is 3.98. The van der Waals surface area contributed by atoms with Crippen molar-refractivity contribution in [1.29, 1.82) is 0 Å². The van der Waals surface area contributed by atoms with Crippen LogP contribution in [0.15, 0.2) is 24.3 Å². The molecule has 1 aromatic carbocycles. The van der Waals surface area contributed by atoms with Crippen LogP contribution in [0, 0.1) is 0 Å². The van der Waals surface area contributed by atoms with Crippen LogP contribution < -0.4 is 5.73 Å². The molecule has 0 radical (unpaired) electrons. The van der Waals surface area contributed by atoms with E-state index in [2.05, 4.69) is 36.0 Å². The molecule has 0 aliphatic heterocycles. The molecule has 0 atom stereocenters. The highest BCUT2D eigenvalue weighted by atomic mass is 15.6. The number of hydrogen-bond donors (Lipinski definition) is 1. The van der Waals surface area contributed by atoms with Gasteiger partial charge >= 0.3 is 0 Å². The highest BCUT2D eigenvalue weighted by molar-refractivity contribution is 5.50. The predicted octanol–water partition coefficient (Wildman–Crippen LogP) is -0.540.